The number of benzene rings is 1. The number of carbonyl (C=O) groups excluding carboxylic acids is 1. The largest absolute Gasteiger partial charge is 0.454 e. The fourth-order valence-corrected chi connectivity index (χ4v) is 2.00. The van der Waals surface area contributed by atoms with E-state index in [1.807, 2.05) is 24.3 Å². The molecule has 1 aromatic heterocycles. The number of aromatic nitrogens is 2. The third kappa shape index (κ3) is 3.44. The molecule has 0 aliphatic rings. The van der Waals surface area contributed by atoms with Gasteiger partial charge in [-0.2, -0.15) is 18.3 Å². The van der Waals surface area contributed by atoms with E-state index >= 15 is 0 Å². The molecule has 3 nitrogen and oxygen atoms in total. The van der Waals surface area contributed by atoms with Gasteiger partial charge in [-0.15, -0.1) is 0 Å². The van der Waals surface area contributed by atoms with Crippen LogP contribution in [0.1, 0.15) is 15.9 Å². The minimum Gasteiger partial charge on any atom is -0.284 e. The summed E-state index contributed by atoms with van der Waals surface area (Å²) in [4.78, 5) is 11.0. The molecule has 0 spiro atoms. The van der Waals surface area contributed by atoms with Gasteiger partial charge in [0.1, 0.15) is 0 Å². The molecule has 0 aliphatic heterocycles. The van der Waals surface area contributed by atoms with Gasteiger partial charge in [-0.3, -0.25) is 9.48 Å². The summed E-state index contributed by atoms with van der Waals surface area (Å²) in [6, 6.07) is 7.29. The number of nitrogens with zero attached hydrogens (tertiary/aromatic N) is 2. The predicted octanol–water partition coefficient (Wildman–Crippen LogP) is 3.44. The van der Waals surface area contributed by atoms with Crippen molar-refractivity contribution < 1.29 is 18.0 Å². The highest BCUT2D eigenvalue weighted by Gasteiger charge is 2.39. The summed E-state index contributed by atoms with van der Waals surface area (Å²) in [7, 11) is 0. The molecule has 0 radical (unpaired) electrons. The summed E-state index contributed by atoms with van der Waals surface area (Å²) in [5, 5.41) is 3.76. The van der Waals surface area contributed by atoms with Gasteiger partial charge in [0, 0.05) is 10.7 Å². The van der Waals surface area contributed by atoms with Crippen molar-refractivity contribution in [3.8, 4) is 0 Å². The average Bonchev–Trinajstić information content (AvgIpc) is 2.75. The number of rotatable bonds is 3. The number of hydrogen-bond acceptors (Lipinski definition) is 2. The number of ketones is 1. The number of alkyl halides is 3. The van der Waals surface area contributed by atoms with E-state index < -0.39 is 17.5 Å². The molecule has 0 N–H and O–H groups in total. The third-order valence-corrected chi connectivity index (χ3v) is 2.88. The molecule has 0 atom stereocenters. The van der Waals surface area contributed by atoms with Crippen molar-refractivity contribution in [2.75, 3.05) is 0 Å². The summed E-state index contributed by atoms with van der Waals surface area (Å²) in [6.07, 6.45) is -2.85. The van der Waals surface area contributed by atoms with Crippen LogP contribution in [0.15, 0.2) is 41.1 Å². The van der Waals surface area contributed by atoms with Crippen LogP contribution in [0, 0.1) is 0 Å². The summed E-state index contributed by atoms with van der Waals surface area (Å²) >= 11 is 3.30. The Morgan fingerprint density at radius 1 is 1.37 bits per heavy atom. The Bertz CT molecular complexity index is 607. The fourth-order valence-electron chi connectivity index (χ4n) is 1.55. The van der Waals surface area contributed by atoms with Crippen LogP contribution in [0.25, 0.3) is 0 Å². The normalized spacial score (nSPS) is 11.6. The molecule has 1 aromatic carbocycles. The highest BCUT2D eigenvalue weighted by Crippen LogP contribution is 2.21. The first-order valence-electron chi connectivity index (χ1n) is 5.24. The van der Waals surface area contributed by atoms with Crippen LogP contribution in [0.2, 0.25) is 0 Å². The summed E-state index contributed by atoms with van der Waals surface area (Å²) in [5.41, 5.74) is 0.408. The quantitative estimate of drug-likeness (QED) is 0.807. The monoisotopic (exact) mass is 332 g/mol. The van der Waals surface area contributed by atoms with Crippen molar-refractivity contribution in [2.24, 2.45) is 0 Å². The Kier molecular flexibility index (Phi) is 3.75. The van der Waals surface area contributed by atoms with Gasteiger partial charge < -0.3 is 0 Å². The Hall–Kier alpha value is -1.63. The lowest BCUT2D eigenvalue weighted by atomic mass is 10.2. The maximum absolute atomic E-state index is 12.2. The van der Waals surface area contributed by atoms with E-state index in [1.54, 1.807) is 0 Å². The second-order valence-electron chi connectivity index (χ2n) is 3.88. The molecule has 0 saturated heterocycles. The molecule has 0 bridgehead atoms. The molecule has 2 rings (SSSR count). The number of carbonyl (C=O) groups is 1. The lowest BCUT2D eigenvalue weighted by molar-refractivity contribution is -0.0885. The third-order valence-electron chi connectivity index (χ3n) is 2.39. The Morgan fingerprint density at radius 3 is 2.74 bits per heavy atom. The first-order valence-corrected chi connectivity index (χ1v) is 6.04. The van der Waals surface area contributed by atoms with Gasteiger partial charge in [-0.25, -0.2) is 0 Å². The average molecular weight is 333 g/mol. The number of Topliss-reactive ketones (excluding diaryl/α,β-unsaturated/α-hetero) is 1. The first-order chi connectivity index (χ1) is 8.86. The summed E-state index contributed by atoms with van der Waals surface area (Å²) in [6.45, 7) is 0.296. The zero-order valence-electron chi connectivity index (χ0n) is 9.49. The molecule has 0 unspecified atom stereocenters. The van der Waals surface area contributed by atoms with Gasteiger partial charge in [0.15, 0.2) is 0 Å². The zero-order chi connectivity index (χ0) is 14.0. The van der Waals surface area contributed by atoms with Crippen molar-refractivity contribution in [3.05, 3.63) is 52.3 Å². The van der Waals surface area contributed by atoms with Crippen LogP contribution in [0.3, 0.4) is 0 Å². The molecule has 0 fully saturated rings. The predicted molar refractivity (Wildman–Crippen MR) is 65.9 cm³/mol. The minimum atomic E-state index is -4.87. The zero-order valence-corrected chi connectivity index (χ0v) is 11.1. The van der Waals surface area contributed by atoms with Crippen LogP contribution in [0.4, 0.5) is 13.2 Å². The van der Waals surface area contributed by atoms with Crippen LogP contribution >= 0.6 is 15.9 Å². The van der Waals surface area contributed by atoms with Gasteiger partial charge >= 0.3 is 6.18 Å². The molecule has 7 heteroatoms. The van der Waals surface area contributed by atoms with Gasteiger partial charge in [0.25, 0.3) is 5.78 Å². The molecule has 2 aromatic rings. The molecule has 1 heterocycles. The topological polar surface area (TPSA) is 34.9 Å². The lowest BCUT2D eigenvalue weighted by Crippen LogP contribution is -2.22. The summed E-state index contributed by atoms with van der Waals surface area (Å²) < 4.78 is 38.9. The van der Waals surface area contributed by atoms with E-state index in [1.165, 1.54) is 4.68 Å². The van der Waals surface area contributed by atoms with Crippen molar-refractivity contribution in [2.45, 2.75) is 12.7 Å². The Morgan fingerprint density at radius 2 is 2.11 bits per heavy atom. The second kappa shape index (κ2) is 5.16. The van der Waals surface area contributed by atoms with Gasteiger partial charge in [-0.1, -0.05) is 28.1 Å². The maximum atomic E-state index is 12.2. The molecular formula is C12H8BrF3N2O. The van der Waals surface area contributed by atoms with E-state index in [2.05, 4.69) is 21.0 Å². The van der Waals surface area contributed by atoms with Crippen molar-refractivity contribution in [3.63, 3.8) is 0 Å². The number of halogens is 4. The molecular weight excluding hydrogens is 325 g/mol. The second-order valence-corrected chi connectivity index (χ2v) is 4.80. The van der Waals surface area contributed by atoms with Crippen molar-refractivity contribution >= 4 is 21.7 Å². The van der Waals surface area contributed by atoms with E-state index in [4.69, 9.17) is 0 Å². The molecule has 100 valence electrons. The first kappa shape index (κ1) is 13.8. The van der Waals surface area contributed by atoms with Gasteiger partial charge in [0.05, 0.1) is 18.3 Å². The SMILES string of the molecule is O=C(c1cnn(Cc2cccc(Br)c2)c1)C(F)(F)F. The summed E-state index contributed by atoms with van der Waals surface area (Å²) in [5.74, 6) is -1.88. The van der Waals surface area contributed by atoms with Crippen molar-refractivity contribution in [1.82, 2.24) is 9.78 Å². The molecule has 19 heavy (non-hydrogen) atoms. The highest BCUT2D eigenvalue weighted by atomic mass is 79.9. The lowest BCUT2D eigenvalue weighted by Gasteiger charge is -2.03. The standard InChI is InChI=1S/C12H8BrF3N2O/c13-10-3-1-2-8(4-10)6-18-7-9(5-17-18)11(19)12(14,15)16/h1-5,7H,6H2. The van der Waals surface area contributed by atoms with Gasteiger partial charge in [-0.05, 0) is 17.7 Å². The smallest absolute Gasteiger partial charge is 0.284 e. The highest BCUT2D eigenvalue weighted by molar-refractivity contribution is 9.10. The van der Waals surface area contributed by atoms with Crippen molar-refractivity contribution in [1.29, 1.82) is 0 Å². The van der Waals surface area contributed by atoms with Crippen LogP contribution in [-0.2, 0) is 6.54 Å². The Balaban J connectivity index is 2.16. The maximum Gasteiger partial charge on any atom is 0.454 e. The fraction of sp³-hybridized carbons (Fsp3) is 0.167. The van der Waals surface area contributed by atoms with Crippen LogP contribution in [0.5, 0.6) is 0 Å². The molecule has 0 saturated carbocycles. The number of hydrogen-bond donors (Lipinski definition) is 0. The molecule has 0 aliphatic carbocycles. The van der Waals surface area contributed by atoms with E-state index in [9.17, 15) is 18.0 Å². The van der Waals surface area contributed by atoms with Crippen LogP contribution < -0.4 is 0 Å². The van der Waals surface area contributed by atoms with E-state index in [0.29, 0.717) is 6.54 Å². The van der Waals surface area contributed by atoms with E-state index in [-0.39, 0.29) is 0 Å². The van der Waals surface area contributed by atoms with E-state index in [0.717, 1.165) is 22.4 Å². The Labute approximate surface area is 115 Å². The van der Waals surface area contributed by atoms with Crippen LogP contribution in [-0.4, -0.2) is 21.7 Å². The van der Waals surface area contributed by atoms with Gasteiger partial charge in [0.2, 0.25) is 0 Å². The minimum absolute atomic E-state index is 0.296. The molecule has 0 amide bonds.